The molecule has 1 heterocycles. The third kappa shape index (κ3) is 3.64. The number of hydrogen-bond donors (Lipinski definition) is 0. The summed E-state index contributed by atoms with van der Waals surface area (Å²) in [7, 11) is 3.04. The summed E-state index contributed by atoms with van der Waals surface area (Å²) < 4.78 is 25.1. The van der Waals surface area contributed by atoms with Gasteiger partial charge in [0.05, 0.1) is 35.7 Å². The van der Waals surface area contributed by atoms with E-state index in [1.807, 2.05) is 24.3 Å². The van der Waals surface area contributed by atoms with Crippen LogP contribution in [0.4, 0.5) is 15.2 Å². The molecule has 0 unspecified atom stereocenters. The van der Waals surface area contributed by atoms with Gasteiger partial charge in [-0.25, -0.2) is 9.37 Å². The van der Waals surface area contributed by atoms with E-state index < -0.39 is 0 Å². The summed E-state index contributed by atoms with van der Waals surface area (Å²) in [6.45, 7) is 0. The summed E-state index contributed by atoms with van der Waals surface area (Å²) in [5, 5.41) is 0.487. The zero-order chi connectivity index (χ0) is 20.4. The summed E-state index contributed by atoms with van der Waals surface area (Å²) >= 11 is 1.38. The van der Waals surface area contributed by atoms with Crippen LogP contribution >= 0.6 is 11.3 Å². The number of anilines is 2. The van der Waals surface area contributed by atoms with Crippen LogP contribution in [0.15, 0.2) is 66.7 Å². The predicted octanol–water partition coefficient (Wildman–Crippen LogP) is 5.43. The van der Waals surface area contributed by atoms with Crippen LogP contribution in [0.3, 0.4) is 0 Å². The second kappa shape index (κ2) is 7.89. The van der Waals surface area contributed by atoms with Gasteiger partial charge in [0.1, 0.15) is 17.3 Å². The number of rotatable bonds is 5. The number of carbonyl (C=O) groups is 1. The number of fused-ring (bicyclic) bond motifs is 1. The number of thiazole rings is 1. The molecule has 4 aromatic rings. The average Bonchev–Trinajstić information content (AvgIpc) is 3.18. The number of methoxy groups -OCH3 is 2. The van der Waals surface area contributed by atoms with Crippen molar-refractivity contribution in [3.8, 4) is 11.5 Å². The van der Waals surface area contributed by atoms with E-state index >= 15 is 0 Å². The fourth-order valence-corrected chi connectivity index (χ4v) is 3.94. The van der Waals surface area contributed by atoms with Crippen molar-refractivity contribution in [2.75, 3.05) is 19.1 Å². The lowest BCUT2D eigenvalue weighted by Gasteiger charge is -2.21. The summed E-state index contributed by atoms with van der Waals surface area (Å²) in [6.07, 6.45) is 0. The number of hydrogen-bond acceptors (Lipinski definition) is 5. The fraction of sp³-hybridized carbons (Fsp3) is 0.0909. The summed E-state index contributed by atoms with van der Waals surface area (Å²) in [5.74, 6) is 0.233. The van der Waals surface area contributed by atoms with E-state index in [0.29, 0.717) is 27.9 Å². The molecule has 146 valence electrons. The number of ether oxygens (including phenoxy) is 2. The van der Waals surface area contributed by atoms with Crippen molar-refractivity contribution in [1.82, 2.24) is 4.98 Å². The molecule has 0 aliphatic heterocycles. The molecule has 0 aliphatic rings. The predicted molar refractivity (Wildman–Crippen MR) is 112 cm³/mol. The quantitative estimate of drug-likeness (QED) is 0.442. The van der Waals surface area contributed by atoms with Gasteiger partial charge in [-0.3, -0.25) is 9.69 Å². The third-order valence-corrected chi connectivity index (χ3v) is 5.42. The Hall–Kier alpha value is -3.45. The SMILES string of the molecule is COc1ccc(C(=O)N(c2ccc(F)cc2)c2nc3ccccc3s2)c(OC)c1. The molecule has 7 heteroatoms. The van der Waals surface area contributed by atoms with Gasteiger partial charge in [-0.05, 0) is 48.5 Å². The zero-order valence-corrected chi connectivity index (χ0v) is 16.6. The van der Waals surface area contributed by atoms with Crippen molar-refractivity contribution in [2.24, 2.45) is 0 Å². The Morgan fingerprint density at radius 1 is 1.00 bits per heavy atom. The smallest absolute Gasteiger partial charge is 0.268 e. The minimum Gasteiger partial charge on any atom is -0.497 e. The van der Waals surface area contributed by atoms with E-state index in [4.69, 9.17) is 9.47 Å². The first-order chi connectivity index (χ1) is 14.1. The molecule has 0 bridgehead atoms. The highest BCUT2D eigenvalue weighted by Crippen LogP contribution is 2.36. The number of amides is 1. The van der Waals surface area contributed by atoms with Crippen LogP contribution in [0.2, 0.25) is 0 Å². The van der Waals surface area contributed by atoms with Gasteiger partial charge < -0.3 is 9.47 Å². The molecule has 29 heavy (non-hydrogen) atoms. The molecule has 0 saturated heterocycles. The molecular formula is C22H17FN2O3S. The van der Waals surface area contributed by atoms with Gasteiger partial charge in [0, 0.05) is 6.07 Å². The Kier molecular flexibility index (Phi) is 5.14. The first-order valence-electron chi connectivity index (χ1n) is 8.78. The van der Waals surface area contributed by atoms with Gasteiger partial charge in [0.2, 0.25) is 0 Å². The fourth-order valence-electron chi connectivity index (χ4n) is 2.96. The number of carbonyl (C=O) groups excluding carboxylic acids is 1. The molecule has 1 amide bonds. The largest absolute Gasteiger partial charge is 0.497 e. The Bertz CT molecular complexity index is 1140. The third-order valence-electron chi connectivity index (χ3n) is 4.40. The van der Waals surface area contributed by atoms with Crippen molar-refractivity contribution in [2.45, 2.75) is 0 Å². The zero-order valence-electron chi connectivity index (χ0n) is 15.8. The molecule has 0 aliphatic carbocycles. The highest BCUT2D eigenvalue weighted by atomic mass is 32.1. The summed E-state index contributed by atoms with van der Waals surface area (Å²) in [5.41, 5.74) is 1.64. The molecule has 0 spiro atoms. The Morgan fingerprint density at radius 3 is 2.45 bits per heavy atom. The first-order valence-corrected chi connectivity index (χ1v) is 9.60. The molecule has 0 fully saturated rings. The summed E-state index contributed by atoms with van der Waals surface area (Å²) in [6, 6.07) is 18.3. The van der Waals surface area contributed by atoms with Crippen LogP contribution in [-0.4, -0.2) is 25.1 Å². The van der Waals surface area contributed by atoms with Crippen LogP contribution in [-0.2, 0) is 0 Å². The Morgan fingerprint density at radius 2 is 1.76 bits per heavy atom. The highest BCUT2D eigenvalue weighted by molar-refractivity contribution is 7.22. The van der Waals surface area contributed by atoms with Gasteiger partial charge in [0.15, 0.2) is 5.13 Å². The minimum absolute atomic E-state index is 0.338. The van der Waals surface area contributed by atoms with Gasteiger partial charge in [-0.1, -0.05) is 23.5 Å². The molecule has 4 rings (SSSR count). The maximum atomic E-state index is 13.6. The Balaban J connectivity index is 1.86. The average molecular weight is 408 g/mol. The molecule has 0 saturated carbocycles. The van der Waals surface area contributed by atoms with E-state index in [1.54, 1.807) is 37.4 Å². The van der Waals surface area contributed by atoms with E-state index in [9.17, 15) is 9.18 Å². The second-order valence-electron chi connectivity index (χ2n) is 6.15. The summed E-state index contributed by atoms with van der Waals surface area (Å²) in [4.78, 5) is 19.6. The second-order valence-corrected chi connectivity index (χ2v) is 7.16. The number of benzene rings is 3. The van der Waals surface area contributed by atoms with Gasteiger partial charge >= 0.3 is 0 Å². The maximum absolute atomic E-state index is 13.6. The van der Waals surface area contributed by atoms with Crippen molar-refractivity contribution in [3.63, 3.8) is 0 Å². The van der Waals surface area contributed by atoms with E-state index in [-0.39, 0.29) is 11.7 Å². The topological polar surface area (TPSA) is 51.7 Å². The van der Waals surface area contributed by atoms with Gasteiger partial charge in [0.25, 0.3) is 5.91 Å². The lowest BCUT2D eigenvalue weighted by Crippen LogP contribution is -2.26. The van der Waals surface area contributed by atoms with Crippen molar-refractivity contribution in [1.29, 1.82) is 0 Å². The molecular weight excluding hydrogens is 391 g/mol. The van der Waals surface area contributed by atoms with Crippen LogP contribution in [0.25, 0.3) is 10.2 Å². The van der Waals surface area contributed by atoms with E-state index in [0.717, 1.165) is 10.2 Å². The van der Waals surface area contributed by atoms with Gasteiger partial charge in [-0.2, -0.15) is 0 Å². The van der Waals surface area contributed by atoms with Crippen LogP contribution in [0.1, 0.15) is 10.4 Å². The molecule has 0 radical (unpaired) electrons. The standard InChI is InChI=1S/C22H17FN2O3S/c1-27-16-11-12-17(19(13-16)28-2)21(26)25(15-9-7-14(23)8-10-15)22-24-18-5-3-4-6-20(18)29-22/h3-13H,1-2H3. The number of aromatic nitrogens is 1. The van der Waals surface area contributed by atoms with Crippen molar-refractivity contribution >= 4 is 38.3 Å². The lowest BCUT2D eigenvalue weighted by atomic mass is 10.1. The van der Waals surface area contributed by atoms with Crippen LogP contribution in [0, 0.1) is 5.82 Å². The monoisotopic (exact) mass is 408 g/mol. The Labute approximate surface area is 170 Å². The van der Waals surface area contributed by atoms with Crippen LogP contribution in [0.5, 0.6) is 11.5 Å². The van der Waals surface area contributed by atoms with Crippen LogP contribution < -0.4 is 14.4 Å². The molecule has 5 nitrogen and oxygen atoms in total. The molecule has 0 N–H and O–H groups in total. The van der Waals surface area contributed by atoms with Crippen molar-refractivity contribution in [3.05, 3.63) is 78.1 Å². The minimum atomic E-state index is -0.382. The number of nitrogens with zero attached hydrogens (tertiary/aromatic N) is 2. The first kappa shape index (κ1) is 18.9. The molecule has 3 aromatic carbocycles. The lowest BCUT2D eigenvalue weighted by molar-refractivity contribution is 0.0996. The highest BCUT2D eigenvalue weighted by Gasteiger charge is 2.26. The van der Waals surface area contributed by atoms with Gasteiger partial charge in [-0.15, -0.1) is 0 Å². The van der Waals surface area contributed by atoms with E-state index in [2.05, 4.69) is 4.98 Å². The molecule has 1 aromatic heterocycles. The molecule has 0 atom stereocenters. The maximum Gasteiger partial charge on any atom is 0.268 e. The normalized spacial score (nSPS) is 10.7. The number of para-hydroxylation sites is 1. The number of halogens is 1. The van der Waals surface area contributed by atoms with E-state index in [1.165, 1.54) is 35.5 Å². The van der Waals surface area contributed by atoms with Crippen molar-refractivity contribution < 1.29 is 18.7 Å².